The molecule has 4 nitrogen and oxygen atoms in total. The van der Waals surface area contributed by atoms with Gasteiger partial charge in [-0.15, -0.1) is 11.3 Å². The highest BCUT2D eigenvalue weighted by atomic mass is 32.1. The number of nitrogens with zero attached hydrogens (tertiary/aromatic N) is 3. The van der Waals surface area contributed by atoms with Crippen LogP contribution in [0.4, 0.5) is 11.5 Å². The van der Waals surface area contributed by atoms with E-state index in [4.69, 9.17) is 5.73 Å². The Labute approximate surface area is 97.8 Å². The van der Waals surface area contributed by atoms with E-state index in [0.29, 0.717) is 5.69 Å². The van der Waals surface area contributed by atoms with Crippen LogP contribution in [-0.2, 0) is 13.0 Å². The minimum atomic E-state index is 0.654. The Hall–Kier alpha value is -1.62. The van der Waals surface area contributed by atoms with E-state index in [9.17, 15) is 0 Å². The molecule has 3 heterocycles. The summed E-state index contributed by atoms with van der Waals surface area (Å²) in [4.78, 5) is 11.9. The first-order chi connectivity index (χ1) is 7.84. The van der Waals surface area contributed by atoms with E-state index in [-0.39, 0.29) is 0 Å². The highest BCUT2D eigenvalue weighted by Gasteiger charge is 2.19. The van der Waals surface area contributed by atoms with Crippen molar-refractivity contribution in [3.05, 3.63) is 34.4 Å². The first-order valence-electron chi connectivity index (χ1n) is 5.20. The fourth-order valence-corrected chi connectivity index (χ4v) is 2.92. The molecule has 0 atom stereocenters. The molecule has 1 aliphatic rings. The van der Waals surface area contributed by atoms with Gasteiger partial charge in [0, 0.05) is 18.0 Å². The molecular weight excluding hydrogens is 220 g/mol. The highest BCUT2D eigenvalue weighted by molar-refractivity contribution is 7.10. The van der Waals surface area contributed by atoms with E-state index in [1.54, 1.807) is 12.5 Å². The lowest BCUT2D eigenvalue weighted by Crippen LogP contribution is -2.30. The van der Waals surface area contributed by atoms with Crippen molar-refractivity contribution in [2.24, 2.45) is 0 Å². The molecule has 2 N–H and O–H groups in total. The maximum absolute atomic E-state index is 5.88. The van der Waals surface area contributed by atoms with Gasteiger partial charge in [0.05, 0.1) is 11.9 Å². The fraction of sp³-hybridized carbons (Fsp3) is 0.273. The summed E-state index contributed by atoms with van der Waals surface area (Å²) in [6.45, 7) is 1.88. The van der Waals surface area contributed by atoms with Gasteiger partial charge < -0.3 is 10.6 Å². The van der Waals surface area contributed by atoms with Gasteiger partial charge in [-0.2, -0.15) is 0 Å². The summed E-state index contributed by atoms with van der Waals surface area (Å²) in [6, 6.07) is 2.18. The summed E-state index contributed by atoms with van der Waals surface area (Å²) in [5, 5.41) is 2.15. The third kappa shape index (κ3) is 1.53. The Kier molecular flexibility index (Phi) is 2.25. The Bertz CT molecular complexity index is 508. The first-order valence-corrected chi connectivity index (χ1v) is 6.08. The number of hydrogen-bond acceptors (Lipinski definition) is 5. The lowest BCUT2D eigenvalue weighted by molar-refractivity contribution is 0.731. The molecule has 2 aromatic rings. The summed E-state index contributed by atoms with van der Waals surface area (Å²) in [6.07, 6.45) is 4.29. The smallest absolute Gasteiger partial charge is 0.155 e. The molecule has 16 heavy (non-hydrogen) atoms. The van der Waals surface area contributed by atoms with Crippen molar-refractivity contribution in [2.75, 3.05) is 17.2 Å². The first kappa shape index (κ1) is 9.59. The highest BCUT2D eigenvalue weighted by Crippen LogP contribution is 2.28. The molecule has 0 spiro atoms. The zero-order valence-corrected chi connectivity index (χ0v) is 9.57. The third-order valence-corrected chi connectivity index (χ3v) is 3.85. The second-order valence-electron chi connectivity index (χ2n) is 3.84. The van der Waals surface area contributed by atoms with Gasteiger partial charge >= 0.3 is 0 Å². The van der Waals surface area contributed by atoms with Crippen molar-refractivity contribution in [3.8, 4) is 0 Å². The Morgan fingerprint density at radius 3 is 3.25 bits per heavy atom. The fourth-order valence-electron chi connectivity index (χ4n) is 2.03. The molecule has 0 aromatic carbocycles. The summed E-state index contributed by atoms with van der Waals surface area (Å²) in [5.41, 5.74) is 7.93. The molecule has 0 amide bonds. The topological polar surface area (TPSA) is 55.0 Å². The van der Waals surface area contributed by atoms with Crippen molar-refractivity contribution in [3.63, 3.8) is 0 Å². The molecule has 2 aromatic heterocycles. The van der Waals surface area contributed by atoms with E-state index in [1.165, 1.54) is 10.4 Å². The van der Waals surface area contributed by atoms with Crippen LogP contribution in [-0.4, -0.2) is 16.5 Å². The number of fused-ring (bicyclic) bond motifs is 1. The van der Waals surface area contributed by atoms with E-state index >= 15 is 0 Å². The van der Waals surface area contributed by atoms with Crippen LogP contribution in [0.2, 0.25) is 0 Å². The number of thiophene rings is 1. The van der Waals surface area contributed by atoms with E-state index in [2.05, 4.69) is 26.3 Å². The molecule has 0 saturated carbocycles. The third-order valence-electron chi connectivity index (χ3n) is 2.83. The summed E-state index contributed by atoms with van der Waals surface area (Å²) >= 11 is 1.84. The van der Waals surface area contributed by atoms with Crippen LogP contribution in [0, 0.1) is 0 Å². The summed E-state index contributed by atoms with van der Waals surface area (Å²) < 4.78 is 0. The van der Waals surface area contributed by atoms with Crippen molar-refractivity contribution in [1.82, 2.24) is 9.97 Å². The molecule has 0 radical (unpaired) electrons. The van der Waals surface area contributed by atoms with Crippen molar-refractivity contribution < 1.29 is 0 Å². The number of anilines is 2. The van der Waals surface area contributed by atoms with Crippen LogP contribution in [0.25, 0.3) is 0 Å². The van der Waals surface area contributed by atoms with E-state index in [1.807, 2.05) is 11.3 Å². The number of nitrogens with two attached hydrogens (primary N) is 1. The standard InChI is InChI=1S/C11H12N4S/c12-9-5-13-7-14-11(9)15-3-1-10-8(6-15)2-4-16-10/h2,4-5,7H,1,3,6,12H2. The molecule has 3 rings (SSSR count). The maximum Gasteiger partial charge on any atom is 0.155 e. The lowest BCUT2D eigenvalue weighted by Gasteiger charge is -2.28. The quantitative estimate of drug-likeness (QED) is 0.812. The van der Waals surface area contributed by atoms with Crippen molar-refractivity contribution in [1.29, 1.82) is 0 Å². The minimum Gasteiger partial charge on any atom is -0.394 e. The zero-order chi connectivity index (χ0) is 11.0. The molecule has 5 heteroatoms. The molecule has 1 aliphatic heterocycles. The lowest BCUT2D eigenvalue weighted by atomic mass is 10.1. The minimum absolute atomic E-state index is 0.654. The van der Waals surface area contributed by atoms with Crippen LogP contribution in [0.1, 0.15) is 10.4 Å². The average Bonchev–Trinajstić information content (AvgIpc) is 2.76. The largest absolute Gasteiger partial charge is 0.394 e. The van der Waals surface area contributed by atoms with Gasteiger partial charge in [-0.3, -0.25) is 0 Å². The van der Waals surface area contributed by atoms with Gasteiger partial charge in [0.15, 0.2) is 5.82 Å². The zero-order valence-electron chi connectivity index (χ0n) is 8.76. The molecule has 82 valence electrons. The SMILES string of the molecule is Nc1cncnc1N1CCc2sccc2C1. The van der Waals surface area contributed by atoms with Crippen LogP contribution < -0.4 is 10.6 Å². The van der Waals surface area contributed by atoms with Crippen LogP contribution in [0.3, 0.4) is 0 Å². The number of hydrogen-bond donors (Lipinski definition) is 1. The van der Waals surface area contributed by atoms with Crippen molar-refractivity contribution >= 4 is 22.8 Å². The van der Waals surface area contributed by atoms with Crippen LogP contribution in [0.15, 0.2) is 24.0 Å². The van der Waals surface area contributed by atoms with Crippen LogP contribution in [0.5, 0.6) is 0 Å². The van der Waals surface area contributed by atoms with Gasteiger partial charge in [-0.25, -0.2) is 9.97 Å². The van der Waals surface area contributed by atoms with E-state index < -0.39 is 0 Å². The predicted octanol–water partition coefficient (Wildman–Crippen LogP) is 1.68. The number of rotatable bonds is 1. The van der Waals surface area contributed by atoms with Gasteiger partial charge in [0.25, 0.3) is 0 Å². The second kappa shape index (κ2) is 3.75. The molecule has 0 saturated heterocycles. The van der Waals surface area contributed by atoms with E-state index in [0.717, 1.165) is 25.3 Å². The van der Waals surface area contributed by atoms with Gasteiger partial charge in [0.2, 0.25) is 0 Å². The average molecular weight is 232 g/mol. The maximum atomic E-state index is 5.88. The van der Waals surface area contributed by atoms with Gasteiger partial charge in [-0.1, -0.05) is 0 Å². The summed E-state index contributed by atoms with van der Waals surface area (Å²) in [5.74, 6) is 0.854. The monoisotopic (exact) mass is 232 g/mol. The number of nitrogen functional groups attached to an aromatic ring is 1. The Morgan fingerprint density at radius 1 is 1.44 bits per heavy atom. The van der Waals surface area contributed by atoms with Gasteiger partial charge in [0.1, 0.15) is 6.33 Å². The van der Waals surface area contributed by atoms with Gasteiger partial charge in [-0.05, 0) is 23.4 Å². The normalized spacial score (nSPS) is 14.9. The molecule has 0 unspecified atom stereocenters. The summed E-state index contributed by atoms with van der Waals surface area (Å²) in [7, 11) is 0. The molecule has 0 bridgehead atoms. The Morgan fingerprint density at radius 2 is 2.38 bits per heavy atom. The number of aromatic nitrogens is 2. The second-order valence-corrected chi connectivity index (χ2v) is 4.84. The molecule has 0 fully saturated rings. The molecular formula is C11H12N4S. The van der Waals surface area contributed by atoms with Crippen molar-refractivity contribution in [2.45, 2.75) is 13.0 Å². The molecule has 0 aliphatic carbocycles. The predicted molar refractivity (Wildman–Crippen MR) is 65.5 cm³/mol. The Balaban J connectivity index is 1.92. The van der Waals surface area contributed by atoms with Crippen LogP contribution >= 0.6 is 11.3 Å².